The van der Waals surface area contributed by atoms with Crippen LogP contribution in [0.25, 0.3) is 11.4 Å². The largest absolute Gasteiger partial charge is 0.339 e. The second-order valence-electron chi connectivity index (χ2n) is 7.69. The summed E-state index contributed by atoms with van der Waals surface area (Å²) < 4.78 is 45.9. The van der Waals surface area contributed by atoms with Crippen molar-refractivity contribution in [2.45, 2.75) is 31.1 Å². The summed E-state index contributed by atoms with van der Waals surface area (Å²) in [5, 5.41) is 6.53. The number of nitrogens with zero attached hydrogens (tertiary/aromatic N) is 3. The molecule has 0 saturated carbocycles. The van der Waals surface area contributed by atoms with Crippen LogP contribution in [0.5, 0.6) is 0 Å². The van der Waals surface area contributed by atoms with Crippen molar-refractivity contribution in [2.75, 3.05) is 18.4 Å². The van der Waals surface area contributed by atoms with Gasteiger partial charge in [-0.15, -0.1) is 0 Å². The van der Waals surface area contributed by atoms with Gasteiger partial charge in [-0.3, -0.25) is 4.79 Å². The highest BCUT2D eigenvalue weighted by Crippen LogP contribution is 2.27. The average Bonchev–Trinajstić information content (AvgIpc) is 3.31. The molecule has 1 amide bonds. The van der Waals surface area contributed by atoms with Crippen LogP contribution >= 0.6 is 11.6 Å². The third kappa shape index (κ3) is 5.07. The van der Waals surface area contributed by atoms with E-state index in [9.17, 15) is 17.6 Å². The lowest BCUT2D eigenvalue weighted by molar-refractivity contribution is -0.120. The summed E-state index contributed by atoms with van der Waals surface area (Å²) in [6.45, 7) is 2.34. The molecule has 2 heterocycles. The van der Waals surface area contributed by atoms with Gasteiger partial charge in [-0.1, -0.05) is 23.7 Å². The van der Waals surface area contributed by atoms with E-state index in [1.54, 1.807) is 12.1 Å². The second-order valence-corrected chi connectivity index (χ2v) is 10.0. The van der Waals surface area contributed by atoms with Crippen molar-refractivity contribution >= 4 is 33.2 Å². The zero-order valence-corrected chi connectivity index (χ0v) is 19.4. The highest BCUT2D eigenvalue weighted by atomic mass is 35.5. The molecule has 0 atom stereocenters. The Hall–Kier alpha value is -2.82. The lowest BCUT2D eigenvalue weighted by atomic mass is 9.97. The quantitative estimate of drug-likeness (QED) is 0.554. The number of amides is 1. The Kier molecular flexibility index (Phi) is 6.78. The van der Waals surface area contributed by atoms with Crippen LogP contribution in [0, 0.1) is 11.7 Å². The van der Waals surface area contributed by atoms with Crippen molar-refractivity contribution in [3.8, 4) is 11.4 Å². The molecule has 1 aromatic heterocycles. The van der Waals surface area contributed by atoms with Gasteiger partial charge >= 0.3 is 0 Å². The number of rotatable bonds is 6. The molecule has 1 aliphatic rings. The fraction of sp³-hybridized carbons (Fsp3) is 0.318. The number of carbonyl (C=O) groups is 1. The first-order chi connectivity index (χ1) is 15.8. The van der Waals surface area contributed by atoms with E-state index in [0.29, 0.717) is 42.2 Å². The molecular weight excluding hydrogens is 471 g/mol. The Morgan fingerprint density at radius 1 is 1.21 bits per heavy atom. The summed E-state index contributed by atoms with van der Waals surface area (Å²) in [5.41, 5.74) is 1.06. The molecular formula is C22H22ClFN4O4S. The third-order valence-electron chi connectivity index (χ3n) is 5.53. The summed E-state index contributed by atoms with van der Waals surface area (Å²) in [6.07, 6.45) is 1.37. The van der Waals surface area contributed by atoms with E-state index in [0.717, 1.165) is 0 Å². The molecule has 11 heteroatoms. The topological polar surface area (TPSA) is 105 Å². The van der Waals surface area contributed by atoms with Crippen LogP contribution in [0.1, 0.15) is 25.7 Å². The number of hydrogen-bond donors (Lipinski definition) is 1. The van der Waals surface area contributed by atoms with Gasteiger partial charge in [-0.2, -0.15) is 9.29 Å². The Morgan fingerprint density at radius 2 is 1.91 bits per heavy atom. The maximum Gasteiger partial charge on any atom is 0.243 e. The molecule has 0 bridgehead atoms. The molecule has 0 unspecified atom stereocenters. The van der Waals surface area contributed by atoms with Crippen LogP contribution in [-0.2, 0) is 21.2 Å². The highest BCUT2D eigenvalue weighted by molar-refractivity contribution is 7.89. The standard InChI is InChI=1S/C22H22ClFN4O4S/c1-2-20-26-21(27-32-20)14-3-6-17(7-4-14)33(30,31)28-11-9-15(10-12-28)22(29)25-16-5-8-19(24)18(23)13-16/h3-8,13,15H,2,9-12H2,1H3,(H,25,29). The van der Waals surface area contributed by atoms with Crippen molar-refractivity contribution in [3.63, 3.8) is 0 Å². The average molecular weight is 493 g/mol. The molecule has 0 radical (unpaired) electrons. The lowest BCUT2D eigenvalue weighted by Gasteiger charge is -2.30. The number of halogens is 2. The molecule has 1 saturated heterocycles. The van der Waals surface area contributed by atoms with Crippen LogP contribution in [0.3, 0.4) is 0 Å². The smallest absolute Gasteiger partial charge is 0.243 e. The minimum Gasteiger partial charge on any atom is -0.339 e. The van der Waals surface area contributed by atoms with E-state index in [2.05, 4.69) is 15.5 Å². The first-order valence-corrected chi connectivity index (χ1v) is 12.3. The summed E-state index contributed by atoms with van der Waals surface area (Å²) in [4.78, 5) is 17.0. The van der Waals surface area contributed by atoms with E-state index < -0.39 is 15.8 Å². The van der Waals surface area contributed by atoms with Gasteiger partial charge in [0.25, 0.3) is 0 Å². The van der Waals surface area contributed by atoms with Crippen LogP contribution < -0.4 is 5.32 Å². The number of benzene rings is 2. The molecule has 1 aliphatic heterocycles. The molecule has 3 aromatic rings. The van der Waals surface area contributed by atoms with Gasteiger partial charge in [0.1, 0.15) is 5.82 Å². The summed E-state index contributed by atoms with van der Waals surface area (Å²) in [7, 11) is -3.70. The first-order valence-electron chi connectivity index (χ1n) is 10.5. The van der Waals surface area contributed by atoms with Crippen molar-refractivity contribution in [2.24, 2.45) is 5.92 Å². The molecule has 174 valence electrons. The number of sulfonamides is 1. The number of nitrogens with one attached hydrogen (secondary N) is 1. The van der Waals surface area contributed by atoms with Crippen LogP contribution in [0.2, 0.25) is 5.02 Å². The molecule has 0 aliphatic carbocycles. The zero-order chi connectivity index (χ0) is 23.6. The van der Waals surface area contributed by atoms with Crippen LogP contribution in [0.15, 0.2) is 51.9 Å². The first kappa shape index (κ1) is 23.3. The minimum atomic E-state index is -3.70. The number of anilines is 1. The number of carbonyl (C=O) groups excluding carboxylic acids is 1. The number of aromatic nitrogens is 2. The van der Waals surface area contributed by atoms with Gasteiger partial charge < -0.3 is 9.84 Å². The van der Waals surface area contributed by atoms with E-state index in [1.807, 2.05) is 6.92 Å². The van der Waals surface area contributed by atoms with Gasteiger partial charge in [-0.05, 0) is 55.3 Å². The molecule has 33 heavy (non-hydrogen) atoms. The van der Waals surface area contributed by atoms with E-state index in [1.165, 1.54) is 34.6 Å². The molecule has 0 spiro atoms. The van der Waals surface area contributed by atoms with Crippen molar-refractivity contribution in [1.82, 2.24) is 14.4 Å². The van der Waals surface area contributed by atoms with Gasteiger partial charge in [0, 0.05) is 36.7 Å². The molecule has 1 fully saturated rings. The zero-order valence-electron chi connectivity index (χ0n) is 17.8. The number of aryl methyl sites for hydroxylation is 1. The Morgan fingerprint density at radius 3 is 2.52 bits per heavy atom. The number of hydrogen-bond acceptors (Lipinski definition) is 6. The Labute approximate surface area is 195 Å². The van der Waals surface area contributed by atoms with Crippen molar-refractivity contribution in [3.05, 3.63) is 59.2 Å². The summed E-state index contributed by atoms with van der Waals surface area (Å²) in [5.74, 6) is -0.246. The van der Waals surface area contributed by atoms with Gasteiger partial charge in [0.05, 0.1) is 9.92 Å². The van der Waals surface area contributed by atoms with Gasteiger partial charge in [-0.25, -0.2) is 12.8 Å². The van der Waals surface area contributed by atoms with E-state index in [-0.39, 0.29) is 34.8 Å². The molecule has 8 nitrogen and oxygen atoms in total. The minimum absolute atomic E-state index is 0.0788. The SMILES string of the molecule is CCc1nc(-c2ccc(S(=O)(=O)N3CCC(C(=O)Nc4ccc(F)c(Cl)c4)CC3)cc2)no1. The normalized spacial score (nSPS) is 15.5. The fourth-order valence-corrected chi connectivity index (χ4v) is 5.27. The fourth-order valence-electron chi connectivity index (χ4n) is 3.62. The van der Waals surface area contributed by atoms with Crippen molar-refractivity contribution in [1.29, 1.82) is 0 Å². The summed E-state index contributed by atoms with van der Waals surface area (Å²) in [6, 6.07) is 10.3. The highest BCUT2D eigenvalue weighted by Gasteiger charge is 2.32. The Balaban J connectivity index is 1.38. The monoisotopic (exact) mass is 492 g/mol. The maximum absolute atomic E-state index is 13.3. The van der Waals surface area contributed by atoms with Gasteiger partial charge in [0.2, 0.25) is 27.6 Å². The van der Waals surface area contributed by atoms with E-state index in [4.69, 9.17) is 16.1 Å². The predicted molar refractivity (Wildman–Crippen MR) is 121 cm³/mol. The van der Waals surface area contributed by atoms with Crippen LogP contribution in [-0.4, -0.2) is 41.9 Å². The molecule has 2 aromatic carbocycles. The molecule has 1 N–H and O–H groups in total. The number of piperidine rings is 1. The lowest BCUT2D eigenvalue weighted by Crippen LogP contribution is -2.41. The predicted octanol–water partition coefficient (Wildman–Crippen LogP) is 4.13. The van der Waals surface area contributed by atoms with Gasteiger partial charge in [0.15, 0.2) is 0 Å². The van der Waals surface area contributed by atoms with E-state index >= 15 is 0 Å². The summed E-state index contributed by atoms with van der Waals surface area (Å²) >= 11 is 5.75. The maximum atomic E-state index is 13.3. The third-order valence-corrected chi connectivity index (χ3v) is 7.74. The Bertz CT molecular complexity index is 1260. The molecule has 4 rings (SSSR count). The van der Waals surface area contributed by atoms with Crippen molar-refractivity contribution < 1.29 is 22.1 Å². The van der Waals surface area contributed by atoms with Crippen LogP contribution in [0.4, 0.5) is 10.1 Å². The second kappa shape index (κ2) is 9.58.